The minimum Gasteiger partial charge on any atom is -1.00 e. The van der Waals surface area contributed by atoms with Gasteiger partial charge in [-0.15, -0.1) is 12.1 Å². The van der Waals surface area contributed by atoms with Crippen molar-refractivity contribution < 1.29 is 21.7 Å². The molecule has 0 saturated heterocycles. The molecule has 3 heteroatoms. The van der Waals surface area contributed by atoms with Gasteiger partial charge < -0.3 is 21.7 Å². The summed E-state index contributed by atoms with van der Waals surface area (Å²) in [5.74, 6) is 0.927. The van der Waals surface area contributed by atoms with Crippen molar-refractivity contribution in [3.8, 4) is 5.75 Å². The molecule has 0 atom stereocenters. The smallest absolute Gasteiger partial charge is 1.00 e. The van der Waals surface area contributed by atoms with Crippen molar-refractivity contribution in [2.24, 2.45) is 0 Å². The van der Waals surface area contributed by atoms with Crippen LogP contribution >= 0.6 is 0 Å². The fraction of sp³-hybridized carbons (Fsp3) is 0.250. The van der Waals surface area contributed by atoms with Crippen LogP contribution in [0.4, 0.5) is 0 Å². The van der Waals surface area contributed by atoms with E-state index in [1.807, 2.05) is 30.3 Å². The van der Waals surface area contributed by atoms with Crippen LogP contribution in [0.25, 0.3) is 0 Å². The second-order valence-corrected chi connectivity index (χ2v) is 4.07. The van der Waals surface area contributed by atoms with E-state index in [4.69, 9.17) is 4.74 Å². The van der Waals surface area contributed by atoms with Gasteiger partial charge in [-0.1, -0.05) is 50.1 Å². The third-order valence-corrected chi connectivity index (χ3v) is 2.60. The van der Waals surface area contributed by atoms with Crippen molar-refractivity contribution in [1.29, 1.82) is 0 Å². The second kappa shape index (κ2) is 10.3. The zero-order valence-corrected chi connectivity index (χ0v) is 14.2. The van der Waals surface area contributed by atoms with Crippen molar-refractivity contribution in [3.63, 3.8) is 0 Å². The van der Waals surface area contributed by atoms with Crippen LogP contribution in [0, 0.1) is 6.07 Å². The third-order valence-electron chi connectivity index (χ3n) is 2.60. The maximum Gasteiger partial charge on any atom is 2.00 e. The SMILES string of the molecule is CCCc1[c-]ccc(OCc2ccccc2)c1.[Br-].[Mg+2]. The molecule has 0 aliphatic heterocycles. The summed E-state index contributed by atoms with van der Waals surface area (Å²) in [6, 6.07) is 19.4. The molecule has 19 heavy (non-hydrogen) atoms. The van der Waals surface area contributed by atoms with Crippen LogP contribution in [0.2, 0.25) is 0 Å². The predicted octanol–water partition coefficient (Wildman–Crippen LogP) is 0.641. The molecule has 0 saturated carbocycles. The Hall–Kier alpha value is -0.514. The zero-order chi connectivity index (χ0) is 11.9. The van der Waals surface area contributed by atoms with Crippen molar-refractivity contribution in [2.45, 2.75) is 26.4 Å². The monoisotopic (exact) mass is 328 g/mol. The van der Waals surface area contributed by atoms with Gasteiger partial charge in [-0.3, -0.25) is 0 Å². The molecule has 0 fully saturated rings. The number of ether oxygens (including phenoxy) is 1. The summed E-state index contributed by atoms with van der Waals surface area (Å²) in [7, 11) is 0. The van der Waals surface area contributed by atoms with E-state index in [1.54, 1.807) is 0 Å². The quantitative estimate of drug-likeness (QED) is 0.578. The van der Waals surface area contributed by atoms with E-state index < -0.39 is 0 Å². The molecule has 0 N–H and O–H groups in total. The molecule has 0 amide bonds. The minimum absolute atomic E-state index is 0. The van der Waals surface area contributed by atoms with E-state index in [1.165, 1.54) is 11.1 Å². The molecule has 0 aliphatic rings. The van der Waals surface area contributed by atoms with E-state index in [-0.39, 0.29) is 40.0 Å². The van der Waals surface area contributed by atoms with Gasteiger partial charge in [0.15, 0.2) is 0 Å². The predicted molar refractivity (Wildman–Crippen MR) is 75.8 cm³/mol. The van der Waals surface area contributed by atoms with Crippen molar-refractivity contribution in [3.05, 3.63) is 65.7 Å². The van der Waals surface area contributed by atoms with Crippen molar-refractivity contribution >= 4 is 23.1 Å². The summed E-state index contributed by atoms with van der Waals surface area (Å²) in [6.45, 7) is 2.79. The molecule has 0 radical (unpaired) electrons. The van der Waals surface area contributed by atoms with Crippen LogP contribution in [0.15, 0.2) is 48.5 Å². The van der Waals surface area contributed by atoms with Gasteiger partial charge in [-0.2, -0.15) is 17.7 Å². The van der Waals surface area contributed by atoms with Crippen LogP contribution in [0.5, 0.6) is 5.75 Å². The number of aryl methyl sites for hydroxylation is 1. The maximum atomic E-state index is 5.76. The van der Waals surface area contributed by atoms with Gasteiger partial charge >= 0.3 is 23.1 Å². The molecule has 2 rings (SSSR count). The van der Waals surface area contributed by atoms with E-state index in [2.05, 4.69) is 31.2 Å². The molecule has 0 unspecified atom stereocenters. The summed E-state index contributed by atoms with van der Waals surface area (Å²) >= 11 is 0. The Balaban J connectivity index is 0.00000162. The first-order valence-electron chi connectivity index (χ1n) is 6.06. The molecule has 0 heterocycles. The third kappa shape index (κ3) is 6.46. The standard InChI is InChI=1S/C16H17O.BrH.Mg/c1-2-7-14-10-6-11-16(12-14)17-13-15-8-4-3-5-9-15;;/h3-6,8-9,11-12H,2,7,13H2,1H3;1H;/q-1;;+2/p-1. The summed E-state index contributed by atoms with van der Waals surface area (Å²) in [4.78, 5) is 0. The zero-order valence-electron chi connectivity index (χ0n) is 11.2. The van der Waals surface area contributed by atoms with Gasteiger partial charge in [0.2, 0.25) is 0 Å². The molecule has 0 bridgehead atoms. The maximum absolute atomic E-state index is 5.76. The number of hydrogen-bond donors (Lipinski definition) is 0. The van der Waals surface area contributed by atoms with Gasteiger partial charge in [0, 0.05) is 5.75 Å². The van der Waals surface area contributed by atoms with Crippen molar-refractivity contribution in [1.82, 2.24) is 0 Å². The van der Waals surface area contributed by atoms with Crippen molar-refractivity contribution in [2.75, 3.05) is 0 Å². The van der Waals surface area contributed by atoms with Crippen LogP contribution < -0.4 is 21.7 Å². The van der Waals surface area contributed by atoms with Crippen LogP contribution in [-0.4, -0.2) is 23.1 Å². The topological polar surface area (TPSA) is 9.23 Å². The molecule has 0 spiro atoms. The molecule has 2 aromatic rings. The molecule has 2 aromatic carbocycles. The van der Waals surface area contributed by atoms with Gasteiger partial charge in [0.25, 0.3) is 0 Å². The minimum atomic E-state index is 0. The first-order valence-corrected chi connectivity index (χ1v) is 6.06. The van der Waals surface area contributed by atoms with E-state index in [9.17, 15) is 0 Å². The molecule has 0 aromatic heterocycles. The van der Waals surface area contributed by atoms with Gasteiger partial charge in [-0.25, -0.2) is 0 Å². The normalized spacial score (nSPS) is 9.11. The Kier molecular flexibility index (Phi) is 10.0. The molecule has 1 nitrogen and oxygen atoms in total. The number of hydrogen-bond acceptors (Lipinski definition) is 1. The van der Waals surface area contributed by atoms with E-state index in [0.29, 0.717) is 6.61 Å². The molecule has 0 aliphatic carbocycles. The first kappa shape index (κ1) is 18.5. The van der Waals surface area contributed by atoms with Gasteiger partial charge in [-0.05, 0) is 5.56 Å². The number of halogens is 1. The molecule has 96 valence electrons. The second-order valence-electron chi connectivity index (χ2n) is 4.07. The number of rotatable bonds is 5. The molecular weight excluding hydrogens is 312 g/mol. The van der Waals surface area contributed by atoms with E-state index in [0.717, 1.165) is 18.6 Å². The average Bonchev–Trinajstić information content (AvgIpc) is 2.39. The van der Waals surface area contributed by atoms with E-state index >= 15 is 0 Å². The summed E-state index contributed by atoms with van der Waals surface area (Å²) in [5, 5.41) is 0. The summed E-state index contributed by atoms with van der Waals surface area (Å²) in [5.41, 5.74) is 2.41. The Labute approximate surface area is 142 Å². The average molecular weight is 330 g/mol. The number of benzene rings is 2. The van der Waals surface area contributed by atoms with Crippen LogP contribution in [0.3, 0.4) is 0 Å². The van der Waals surface area contributed by atoms with Gasteiger partial charge in [0.05, 0.1) is 0 Å². The Morgan fingerprint density at radius 2 is 1.84 bits per heavy atom. The fourth-order valence-electron chi connectivity index (χ4n) is 1.74. The largest absolute Gasteiger partial charge is 2.00 e. The Bertz CT molecular complexity index is 459. The fourth-order valence-corrected chi connectivity index (χ4v) is 1.74. The van der Waals surface area contributed by atoms with Crippen LogP contribution in [0.1, 0.15) is 24.5 Å². The van der Waals surface area contributed by atoms with Gasteiger partial charge in [0.1, 0.15) is 6.61 Å². The summed E-state index contributed by atoms with van der Waals surface area (Å²) in [6.07, 6.45) is 2.20. The Morgan fingerprint density at radius 1 is 1.11 bits per heavy atom. The molecular formula is C16H17BrMgO. The summed E-state index contributed by atoms with van der Waals surface area (Å²) < 4.78 is 5.76. The Morgan fingerprint density at radius 3 is 2.53 bits per heavy atom. The first-order chi connectivity index (χ1) is 8.38. The van der Waals surface area contributed by atoms with Crippen LogP contribution in [-0.2, 0) is 13.0 Å².